The highest BCUT2D eigenvalue weighted by molar-refractivity contribution is 7.18. The van der Waals surface area contributed by atoms with Crippen LogP contribution in [0.5, 0.6) is 0 Å². The second kappa shape index (κ2) is 5.27. The average Bonchev–Trinajstić information content (AvgIpc) is 2.67. The largest absolute Gasteiger partial charge is 0.298 e. The standard InChI is InChI=1S/C8H7ClN4S.ClH/c9-6-4-2-1-3-5(6)7-12-13-8(11-10)14-7;/h1-4H,10H2,(H,11,13);1H. The van der Waals surface area contributed by atoms with Gasteiger partial charge in [0.1, 0.15) is 0 Å². The second-order valence-electron chi connectivity index (χ2n) is 2.54. The van der Waals surface area contributed by atoms with E-state index >= 15 is 0 Å². The van der Waals surface area contributed by atoms with E-state index in [-0.39, 0.29) is 12.4 Å². The molecule has 0 unspecified atom stereocenters. The smallest absolute Gasteiger partial charge is 0.220 e. The Morgan fingerprint density at radius 3 is 2.60 bits per heavy atom. The third-order valence-corrected chi connectivity index (χ3v) is 2.87. The number of aromatic nitrogens is 2. The van der Waals surface area contributed by atoms with Gasteiger partial charge < -0.3 is 0 Å². The fourth-order valence-corrected chi connectivity index (χ4v) is 2.00. The first kappa shape index (κ1) is 12.2. The highest BCUT2D eigenvalue weighted by Gasteiger charge is 2.08. The third-order valence-electron chi connectivity index (χ3n) is 1.65. The maximum Gasteiger partial charge on any atom is 0.220 e. The summed E-state index contributed by atoms with van der Waals surface area (Å²) >= 11 is 7.36. The summed E-state index contributed by atoms with van der Waals surface area (Å²) in [6, 6.07) is 7.48. The lowest BCUT2D eigenvalue weighted by atomic mass is 10.2. The third kappa shape index (κ3) is 2.57. The van der Waals surface area contributed by atoms with Crippen molar-refractivity contribution in [1.29, 1.82) is 0 Å². The first-order valence-corrected chi connectivity index (χ1v) is 5.05. The van der Waals surface area contributed by atoms with E-state index < -0.39 is 0 Å². The molecule has 0 radical (unpaired) electrons. The molecule has 0 aliphatic heterocycles. The fourth-order valence-electron chi connectivity index (χ4n) is 1.03. The van der Waals surface area contributed by atoms with Gasteiger partial charge in [-0.15, -0.1) is 22.6 Å². The van der Waals surface area contributed by atoms with Crippen LogP contribution >= 0.6 is 35.3 Å². The lowest BCUT2D eigenvalue weighted by molar-refractivity contribution is 1.08. The molecule has 1 aromatic heterocycles. The molecular weight excluding hydrogens is 255 g/mol. The van der Waals surface area contributed by atoms with Gasteiger partial charge in [0, 0.05) is 5.56 Å². The molecule has 15 heavy (non-hydrogen) atoms. The quantitative estimate of drug-likeness (QED) is 0.645. The SMILES string of the molecule is Cl.NNc1nnc(-c2ccccc2Cl)s1. The number of hydrogen-bond donors (Lipinski definition) is 2. The summed E-state index contributed by atoms with van der Waals surface area (Å²) in [5.41, 5.74) is 3.31. The minimum atomic E-state index is 0. The molecule has 80 valence electrons. The first-order valence-electron chi connectivity index (χ1n) is 3.86. The molecule has 0 bridgehead atoms. The Kier molecular flexibility index (Phi) is 4.28. The Balaban J connectivity index is 0.00000112. The van der Waals surface area contributed by atoms with Crippen molar-refractivity contribution in [2.24, 2.45) is 5.84 Å². The molecule has 0 atom stereocenters. The van der Waals surface area contributed by atoms with Gasteiger partial charge in [-0.1, -0.05) is 41.1 Å². The predicted octanol–water partition coefficient (Wildman–Crippen LogP) is 2.57. The second-order valence-corrected chi connectivity index (χ2v) is 3.92. The molecule has 0 aliphatic rings. The summed E-state index contributed by atoms with van der Waals surface area (Å²) in [5.74, 6) is 5.20. The van der Waals surface area contributed by atoms with Gasteiger partial charge in [-0.2, -0.15) is 0 Å². The van der Waals surface area contributed by atoms with Crippen LogP contribution in [-0.2, 0) is 0 Å². The van der Waals surface area contributed by atoms with E-state index in [0.717, 1.165) is 10.6 Å². The number of nitrogens with one attached hydrogen (secondary N) is 1. The van der Waals surface area contributed by atoms with Gasteiger partial charge in [-0.25, -0.2) is 5.84 Å². The molecule has 2 rings (SSSR count). The molecule has 0 saturated carbocycles. The van der Waals surface area contributed by atoms with Crippen molar-refractivity contribution in [2.45, 2.75) is 0 Å². The van der Waals surface area contributed by atoms with E-state index in [2.05, 4.69) is 15.6 Å². The molecular formula is C8H8Cl2N4S. The lowest BCUT2D eigenvalue weighted by Gasteiger charge is -1.96. The van der Waals surface area contributed by atoms with Gasteiger partial charge in [0.15, 0.2) is 5.01 Å². The van der Waals surface area contributed by atoms with Crippen LogP contribution in [0.1, 0.15) is 0 Å². The minimum absolute atomic E-state index is 0. The predicted molar refractivity (Wildman–Crippen MR) is 65.4 cm³/mol. The zero-order valence-corrected chi connectivity index (χ0v) is 9.86. The molecule has 0 spiro atoms. The molecule has 0 aliphatic carbocycles. The van der Waals surface area contributed by atoms with Gasteiger partial charge in [-0.3, -0.25) is 5.43 Å². The molecule has 0 fully saturated rings. The Bertz CT molecular complexity index is 446. The highest BCUT2D eigenvalue weighted by atomic mass is 35.5. The number of halogens is 2. The van der Waals surface area contributed by atoms with E-state index in [1.165, 1.54) is 11.3 Å². The van der Waals surface area contributed by atoms with E-state index in [4.69, 9.17) is 17.4 Å². The normalized spacial score (nSPS) is 9.47. The van der Waals surface area contributed by atoms with Gasteiger partial charge in [-0.05, 0) is 6.07 Å². The average molecular weight is 263 g/mol. The van der Waals surface area contributed by atoms with Crippen LogP contribution in [0, 0.1) is 0 Å². The van der Waals surface area contributed by atoms with Crippen LogP contribution < -0.4 is 11.3 Å². The zero-order valence-electron chi connectivity index (χ0n) is 7.48. The number of nitrogen functional groups attached to an aromatic ring is 1. The highest BCUT2D eigenvalue weighted by Crippen LogP contribution is 2.30. The number of nitrogens with zero attached hydrogens (tertiary/aromatic N) is 2. The molecule has 1 aromatic carbocycles. The fraction of sp³-hybridized carbons (Fsp3) is 0. The van der Waals surface area contributed by atoms with E-state index in [1.807, 2.05) is 24.3 Å². The van der Waals surface area contributed by atoms with Crippen LogP contribution in [0.3, 0.4) is 0 Å². The minimum Gasteiger partial charge on any atom is -0.298 e. The van der Waals surface area contributed by atoms with Crippen LogP contribution in [0.4, 0.5) is 5.13 Å². The van der Waals surface area contributed by atoms with E-state index in [9.17, 15) is 0 Å². The summed E-state index contributed by atoms with van der Waals surface area (Å²) in [5, 5.41) is 9.77. The van der Waals surface area contributed by atoms with Crippen LogP contribution in [0.15, 0.2) is 24.3 Å². The van der Waals surface area contributed by atoms with Crippen LogP contribution in [0.2, 0.25) is 5.02 Å². The Labute approximate surface area is 102 Å². The van der Waals surface area contributed by atoms with Crippen molar-refractivity contribution in [3.8, 4) is 10.6 Å². The molecule has 1 heterocycles. The molecule has 4 nitrogen and oxygen atoms in total. The number of rotatable bonds is 2. The first-order chi connectivity index (χ1) is 6.81. The van der Waals surface area contributed by atoms with E-state index in [1.54, 1.807) is 0 Å². The lowest BCUT2D eigenvalue weighted by Crippen LogP contribution is -2.05. The molecule has 0 saturated heterocycles. The van der Waals surface area contributed by atoms with Crippen molar-refractivity contribution < 1.29 is 0 Å². The van der Waals surface area contributed by atoms with Gasteiger partial charge in [0.05, 0.1) is 5.02 Å². The topological polar surface area (TPSA) is 63.8 Å². The van der Waals surface area contributed by atoms with Gasteiger partial charge in [0.2, 0.25) is 5.13 Å². The van der Waals surface area contributed by atoms with Crippen LogP contribution in [0.25, 0.3) is 10.6 Å². The Hall–Kier alpha value is -0.880. The van der Waals surface area contributed by atoms with Crippen molar-refractivity contribution in [1.82, 2.24) is 10.2 Å². The van der Waals surface area contributed by atoms with Gasteiger partial charge >= 0.3 is 0 Å². The summed E-state index contributed by atoms with van der Waals surface area (Å²) in [6.07, 6.45) is 0. The molecule has 7 heteroatoms. The number of hydrazine groups is 1. The van der Waals surface area contributed by atoms with Crippen molar-refractivity contribution >= 4 is 40.5 Å². The summed E-state index contributed by atoms with van der Waals surface area (Å²) in [7, 11) is 0. The number of hydrogen-bond acceptors (Lipinski definition) is 5. The van der Waals surface area contributed by atoms with Crippen molar-refractivity contribution in [3.63, 3.8) is 0 Å². The summed E-state index contributed by atoms with van der Waals surface area (Å²) in [6.45, 7) is 0. The summed E-state index contributed by atoms with van der Waals surface area (Å²) in [4.78, 5) is 0. The molecule has 3 N–H and O–H groups in total. The number of benzene rings is 1. The Morgan fingerprint density at radius 1 is 1.27 bits per heavy atom. The van der Waals surface area contributed by atoms with Gasteiger partial charge in [0.25, 0.3) is 0 Å². The monoisotopic (exact) mass is 262 g/mol. The Morgan fingerprint density at radius 2 is 2.00 bits per heavy atom. The molecule has 0 amide bonds. The maximum absolute atomic E-state index is 6.00. The summed E-state index contributed by atoms with van der Waals surface area (Å²) < 4.78 is 0. The van der Waals surface area contributed by atoms with Crippen molar-refractivity contribution in [2.75, 3.05) is 5.43 Å². The van der Waals surface area contributed by atoms with Crippen LogP contribution in [-0.4, -0.2) is 10.2 Å². The number of anilines is 1. The zero-order chi connectivity index (χ0) is 9.97. The van der Waals surface area contributed by atoms with E-state index in [0.29, 0.717) is 10.2 Å². The maximum atomic E-state index is 6.00. The molecule has 2 aromatic rings. The number of nitrogens with two attached hydrogens (primary N) is 1. The van der Waals surface area contributed by atoms with Crippen molar-refractivity contribution in [3.05, 3.63) is 29.3 Å².